The molecule has 1 saturated carbocycles. The number of carbonyl (C=O) groups is 1. The summed E-state index contributed by atoms with van der Waals surface area (Å²) in [5.74, 6) is 0.497. The molecule has 1 aliphatic rings. The Bertz CT molecular complexity index is 1340. The van der Waals surface area contributed by atoms with Crippen LogP contribution in [0.4, 0.5) is 11.4 Å². The zero-order chi connectivity index (χ0) is 21.0. The van der Waals surface area contributed by atoms with Crippen LogP contribution in [0.3, 0.4) is 0 Å². The third-order valence-corrected chi connectivity index (χ3v) is 5.18. The van der Waals surface area contributed by atoms with Crippen LogP contribution < -0.4 is 16.6 Å². The number of nitrogens with zero attached hydrogens (tertiary/aromatic N) is 7. The highest BCUT2D eigenvalue weighted by Gasteiger charge is 2.31. The number of amides is 1. The Hall–Kier alpha value is -3.76. The van der Waals surface area contributed by atoms with E-state index in [0.29, 0.717) is 28.8 Å². The van der Waals surface area contributed by atoms with Gasteiger partial charge in [-0.05, 0) is 25.0 Å². The SMILES string of the molecule is CC(C)c1nn(CC(=O)Nc2ccc3nncn3c2)c(=O)c2c(N)c(C3CC3)nn12. The summed E-state index contributed by atoms with van der Waals surface area (Å²) in [5.41, 5.74) is 8.50. The largest absolute Gasteiger partial charge is 0.395 e. The van der Waals surface area contributed by atoms with Gasteiger partial charge in [-0.2, -0.15) is 10.2 Å². The first-order valence-electron chi connectivity index (χ1n) is 9.80. The van der Waals surface area contributed by atoms with Gasteiger partial charge in [0.1, 0.15) is 12.9 Å². The maximum Gasteiger partial charge on any atom is 0.295 e. The second-order valence-electron chi connectivity index (χ2n) is 7.87. The number of hydrogen-bond acceptors (Lipinski definition) is 7. The van der Waals surface area contributed by atoms with Gasteiger partial charge in [0.15, 0.2) is 17.0 Å². The zero-order valence-electron chi connectivity index (χ0n) is 16.6. The summed E-state index contributed by atoms with van der Waals surface area (Å²) in [6.45, 7) is 3.68. The van der Waals surface area contributed by atoms with Crippen molar-refractivity contribution in [1.29, 1.82) is 0 Å². The van der Waals surface area contributed by atoms with Gasteiger partial charge < -0.3 is 11.1 Å². The quantitative estimate of drug-likeness (QED) is 0.506. The summed E-state index contributed by atoms with van der Waals surface area (Å²) < 4.78 is 4.39. The standard InChI is InChI=1S/C19H21N9O2/c1-10(2)18-25-27(19(30)17-15(20)16(11-3-4-11)24-28(17)18)8-14(29)22-12-5-6-13-23-21-9-26(13)7-12/h5-7,9-11H,3-4,8,20H2,1-2H3,(H,22,29). The van der Waals surface area contributed by atoms with Crippen LogP contribution >= 0.6 is 0 Å². The molecule has 0 spiro atoms. The molecule has 0 saturated heterocycles. The van der Waals surface area contributed by atoms with Crippen molar-refractivity contribution in [2.24, 2.45) is 0 Å². The van der Waals surface area contributed by atoms with Crippen molar-refractivity contribution in [3.05, 3.63) is 46.5 Å². The van der Waals surface area contributed by atoms with E-state index in [-0.39, 0.29) is 23.9 Å². The first-order chi connectivity index (χ1) is 14.4. The molecule has 4 heterocycles. The topological polar surface area (TPSA) is 138 Å². The molecule has 154 valence electrons. The van der Waals surface area contributed by atoms with E-state index >= 15 is 0 Å². The Morgan fingerprint density at radius 2 is 2.10 bits per heavy atom. The Balaban J connectivity index is 1.50. The normalized spacial score (nSPS) is 14.1. The molecule has 0 unspecified atom stereocenters. The summed E-state index contributed by atoms with van der Waals surface area (Å²) in [4.78, 5) is 25.7. The van der Waals surface area contributed by atoms with E-state index in [1.54, 1.807) is 33.6 Å². The number of hydrogen-bond donors (Lipinski definition) is 2. The molecular weight excluding hydrogens is 386 g/mol. The van der Waals surface area contributed by atoms with E-state index in [1.165, 1.54) is 0 Å². The van der Waals surface area contributed by atoms with E-state index in [4.69, 9.17) is 5.73 Å². The van der Waals surface area contributed by atoms with Gasteiger partial charge in [0.2, 0.25) is 5.91 Å². The van der Waals surface area contributed by atoms with E-state index < -0.39 is 5.56 Å². The Labute approximate surface area is 170 Å². The zero-order valence-corrected chi connectivity index (χ0v) is 16.6. The molecule has 1 amide bonds. The molecule has 11 heteroatoms. The lowest BCUT2D eigenvalue weighted by Crippen LogP contribution is -2.33. The highest BCUT2D eigenvalue weighted by atomic mass is 16.2. The van der Waals surface area contributed by atoms with Crippen molar-refractivity contribution in [1.82, 2.24) is 34.0 Å². The highest BCUT2D eigenvalue weighted by Crippen LogP contribution is 2.42. The number of rotatable bonds is 5. The first kappa shape index (κ1) is 18.3. The fourth-order valence-corrected chi connectivity index (χ4v) is 3.52. The minimum absolute atomic E-state index is 0.00934. The monoisotopic (exact) mass is 407 g/mol. The molecule has 4 aromatic heterocycles. The van der Waals surface area contributed by atoms with Gasteiger partial charge >= 0.3 is 0 Å². The van der Waals surface area contributed by atoms with E-state index in [2.05, 4.69) is 25.7 Å². The molecule has 0 radical (unpaired) electrons. The van der Waals surface area contributed by atoms with Gasteiger partial charge in [0, 0.05) is 18.0 Å². The number of carbonyl (C=O) groups excluding carboxylic acids is 1. The van der Waals surface area contributed by atoms with E-state index in [9.17, 15) is 9.59 Å². The lowest BCUT2D eigenvalue weighted by atomic mass is 10.2. The number of nitrogen functional groups attached to an aromatic ring is 1. The number of nitrogens with two attached hydrogens (primary N) is 1. The number of aromatic nitrogens is 7. The molecular formula is C19H21N9O2. The number of anilines is 2. The fraction of sp³-hybridized carbons (Fsp3) is 0.368. The highest BCUT2D eigenvalue weighted by molar-refractivity contribution is 5.90. The second kappa shape index (κ2) is 6.65. The number of nitrogens with one attached hydrogen (secondary N) is 1. The summed E-state index contributed by atoms with van der Waals surface area (Å²) in [7, 11) is 0. The molecule has 30 heavy (non-hydrogen) atoms. The minimum atomic E-state index is -0.430. The van der Waals surface area contributed by atoms with Gasteiger partial charge in [0.25, 0.3) is 5.56 Å². The number of pyridine rings is 1. The predicted octanol–water partition coefficient (Wildman–Crippen LogP) is 1.16. The van der Waals surface area contributed by atoms with Crippen molar-refractivity contribution < 1.29 is 4.79 Å². The summed E-state index contributed by atoms with van der Waals surface area (Å²) >= 11 is 0. The van der Waals surface area contributed by atoms with Crippen LogP contribution in [0, 0.1) is 0 Å². The van der Waals surface area contributed by atoms with Crippen molar-refractivity contribution in [2.75, 3.05) is 11.1 Å². The van der Waals surface area contributed by atoms with Gasteiger partial charge in [-0.25, -0.2) is 9.20 Å². The Morgan fingerprint density at radius 3 is 2.83 bits per heavy atom. The third-order valence-electron chi connectivity index (χ3n) is 5.18. The molecule has 0 aromatic carbocycles. The molecule has 3 N–H and O–H groups in total. The number of fused-ring (bicyclic) bond motifs is 2. The average Bonchev–Trinajstić information content (AvgIpc) is 3.33. The van der Waals surface area contributed by atoms with Gasteiger partial charge in [0.05, 0.1) is 17.1 Å². The average molecular weight is 407 g/mol. The van der Waals surface area contributed by atoms with Gasteiger partial charge in [-0.15, -0.1) is 10.2 Å². The van der Waals surface area contributed by atoms with Crippen LogP contribution in [0.5, 0.6) is 0 Å². The van der Waals surface area contributed by atoms with Crippen LogP contribution in [-0.2, 0) is 11.3 Å². The Kier molecular flexibility index (Phi) is 4.05. The Morgan fingerprint density at radius 1 is 1.30 bits per heavy atom. The smallest absolute Gasteiger partial charge is 0.295 e. The molecule has 0 atom stereocenters. The maximum absolute atomic E-state index is 13.1. The van der Waals surface area contributed by atoms with Crippen molar-refractivity contribution >= 4 is 28.4 Å². The van der Waals surface area contributed by atoms with E-state index in [0.717, 1.165) is 23.2 Å². The third kappa shape index (κ3) is 2.98. The van der Waals surface area contributed by atoms with Crippen molar-refractivity contribution in [2.45, 2.75) is 45.1 Å². The van der Waals surface area contributed by atoms with Crippen LogP contribution in [0.25, 0.3) is 11.2 Å². The summed E-state index contributed by atoms with van der Waals surface area (Å²) in [6.07, 6.45) is 5.28. The maximum atomic E-state index is 13.1. The van der Waals surface area contributed by atoms with Gasteiger partial charge in [-0.3, -0.25) is 14.0 Å². The molecule has 5 rings (SSSR count). The lowest BCUT2D eigenvalue weighted by molar-refractivity contribution is -0.117. The van der Waals surface area contributed by atoms with Gasteiger partial charge in [-0.1, -0.05) is 13.8 Å². The second-order valence-corrected chi connectivity index (χ2v) is 7.87. The first-order valence-corrected chi connectivity index (χ1v) is 9.80. The molecule has 1 aliphatic carbocycles. The van der Waals surface area contributed by atoms with Crippen LogP contribution in [0.2, 0.25) is 0 Å². The van der Waals surface area contributed by atoms with Crippen LogP contribution in [0.1, 0.15) is 50.0 Å². The van der Waals surface area contributed by atoms with Crippen LogP contribution in [0.15, 0.2) is 29.5 Å². The summed E-state index contributed by atoms with van der Waals surface area (Å²) in [6, 6.07) is 3.46. The molecule has 0 bridgehead atoms. The van der Waals surface area contributed by atoms with Crippen molar-refractivity contribution in [3.63, 3.8) is 0 Å². The van der Waals surface area contributed by atoms with E-state index in [1.807, 2.05) is 13.8 Å². The fourth-order valence-electron chi connectivity index (χ4n) is 3.52. The molecule has 0 aliphatic heterocycles. The minimum Gasteiger partial charge on any atom is -0.395 e. The molecule has 11 nitrogen and oxygen atoms in total. The predicted molar refractivity (Wildman–Crippen MR) is 109 cm³/mol. The van der Waals surface area contributed by atoms with Crippen LogP contribution in [-0.4, -0.2) is 39.9 Å². The van der Waals surface area contributed by atoms with Crippen molar-refractivity contribution in [3.8, 4) is 0 Å². The molecule has 1 fully saturated rings. The molecule has 4 aromatic rings. The summed E-state index contributed by atoms with van der Waals surface area (Å²) in [5, 5.41) is 19.5. The lowest BCUT2D eigenvalue weighted by Gasteiger charge is -2.12.